The summed E-state index contributed by atoms with van der Waals surface area (Å²) in [4.78, 5) is 14.6. The molecule has 0 aliphatic heterocycles. The summed E-state index contributed by atoms with van der Waals surface area (Å²) in [5.41, 5.74) is 12.7. The Labute approximate surface area is 77.0 Å². The summed E-state index contributed by atoms with van der Waals surface area (Å²) in [5.74, 6) is -0.385. The van der Waals surface area contributed by atoms with Gasteiger partial charge in [-0.05, 0) is 24.1 Å². The van der Waals surface area contributed by atoms with E-state index in [9.17, 15) is 4.79 Å². The molecule has 1 amide bonds. The third kappa shape index (κ3) is 2.52. The lowest BCUT2D eigenvalue weighted by molar-refractivity contribution is -0.118. The minimum Gasteiger partial charge on any atom is -0.370 e. The normalized spacial score (nSPS) is 12.5. The van der Waals surface area contributed by atoms with E-state index >= 15 is 0 Å². The number of carbonyl (C=O) groups excluding carboxylic acids is 1. The Kier molecular flexibility index (Phi) is 2.97. The molecule has 0 radical (unpaired) electrons. The number of amides is 1. The Bertz CT molecular complexity index is 311. The van der Waals surface area contributed by atoms with Crippen LogP contribution in [0.2, 0.25) is 0 Å². The van der Waals surface area contributed by atoms with E-state index in [2.05, 4.69) is 4.98 Å². The van der Waals surface area contributed by atoms with E-state index in [0.29, 0.717) is 0 Å². The maximum absolute atomic E-state index is 10.6. The summed E-state index contributed by atoms with van der Waals surface area (Å²) in [6, 6.07) is 1.49. The first-order chi connectivity index (χ1) is 6.11. The van der Waals surface area contributed by atoms with E-state index in [1.165, 1.54) is 0 Å². The predicted octanol–water partition coefficient (Wildman–Crippen LogP) is 0.265. The molecule has 1 atom stereocenters. The zero-order valence-electron chi connectivity index (χ0n) is 7.53. The molecule has 4 heteroatoms. The van der Waals surface area contributed by atoms with Crippen LogP contribution >= 0.6 is 0 Å². The number of aromatic nitrogens is 1. The lowest BCUT2D eigenvalue weighted by atomic mass is 10.0. The number of rotatable bonds is 3. The van der Waals surface area contributed by atoms with Crippen LogP contribution in [0.15, 0.2) is 18.5 Å². The van der Waals surface area contributed by atoms with Crippen LogP contribution in [0.3, 0.4) is 0 Å². The Morgan fingerprint density at radius 2 is 2.38 bits per heavy atom. The van der Waals surface area contributed by atoms with Crippen molar-refractivity contribution in [2.45, 2.75) is 19.4 Å². The smallest absolute Gasteiger partial charge is 0.219 e. The molecule has 0 unspecified atom stereocenters. The van der Waals surface area contributed by atoms with Crippen LogP contribution in [0.5, 0.6) is 0 Å². The zero-order valence-corrected chi connectivity index (χ0v) is 7.53. The van der Waals surface area contributed by atoms with Gasteiger partial charge in [0.25, 0.3) is 0 Å². The van der Waals surface area contributed by atoms with Gasteiger partial charge in [-0.1, -0.05) is 0 Å². The standard InChI is InChI=1S/C9H13N3O/c1-6-5-12-3-2-7(6)8(10)4-9(11)13/h2-3,5,8H,4,10H2,1H3,(H2,11,13)/t8-/m0/s1. The molecule has 4 nitrogen and oxygen atoms in total. The van der Waals surface area contributed by atoms with Gasteiger partial charge < -0.3 is 11.5 Å². The maximum Gasteiger partial charge on any atom is 0.219 e. The average molecular weight is 179 g/mol. The van der Waals surface area contributed by atoms with E-state index in [4.69, 9.17) is 11.5 Å². The molecular formula is C9H13N3O. The molecule has 0 aliphatic rings. The molecule has 1 aromatic rings. The zero-order chi connectivity index (χ0) is 9.84. The second-order valence-corrected chi connectivity index (χ2v) is 3.01. The number of nitrogens with two attached hydrogens (primary N) is 2. The van der Waals surface area contributed by atoms with Crippen LogP contribution in [0, 0.1) is 6.92 Å². The van der Waals surface area contributed by atoms with Crippen molar-refractivity contribution in [3.8, 4) is 0 Å². The summed E-state index contributed by atoms with van der Waals surface area (Å²) in [6.07, 6.45) is 3.55. The molecule has 1 heterocycles. The molecule has 0 aromatic carbocycles. The molecule has 0 saturated heterocycles. The maximum atomic E-state index is 10.6. The fraction of sp³-hybridized carbons (Fsp3) is 0.333. The van der Waals surface area contributed by atoms with Gasteiger partial charge in [0, 0.05) is 24.9 Å². The molecule has 1 rings (SSSR count). The highest BCUT2D eigenvalue weighted by molar-refractivity contribution is 5.74. The monoisotopic (exact) mass is 179 g/mol. The summed E-state index contributed by atoms with van der Waals surface area (Å²) in [5, 5.41) is 0. The minimum absolute atomic E-state index is 0.171. The average Bonchev–Trinajstić information content (AvgIpc) is 2.03. The van der Waals surface area contributed by atoms with Crippen molar-refractivity contribution >= 4 is 5.91 Å². The fourth-order valence-corrected chi connectivity index (χ4v) is 1.23. The molecule has 0 spiro atoms. The Balaban J connectivity index is 2.82. The quantitative estimate of drug-likeness (QED) is 0.698. The fourth-order valence-electron chi connectivity index (χ4n) is 1.23. The molecule has 0 aliphatic carbocycles. The number of carbonyl (C=O) groups is 1. The molecule has 70 valence electrons. The van der Waals surface area contributed by atoms with Gasteiger partial charge >= 0.3 is 0 Å². The lowest BCUT2D eigenvalue weighted by Crippen LogP contribution is -2.21. The Morgan fingerprint density at radius 3 is 2.92 bits per heavy atom. The molecule has 13 heavy (non-hydrogen) atoms. The Hall–Kier alpha value is -1.42. The van der Waals surface area contributed by atoms with Gasteiger partial charge in [-0.2, -0.15) is 0 Å². The van der Waals surface area contributed by atoms with Gasteiger partial charge in [0.15, 0.2) is 0 Å². The van der Waals surface area contributed by atoms with Crippen LogP contribution in [0.1, 0.15) is 23.6 Å². The summed E-state index contributed by atoms with van der Waals surface area (Å²) in [6.45, 7) is 1.91. The SMILES string of the molecule is Cc1cnccc1[C@@H](N)CC(N)=O. The number of aryl methyl sites for hydroxylation is 1. The second kappa shape index (κ2) is 4.00. The van der Waals surface area contributed by atoms with Gasteiger partial charge in [0.1, 0.15) is 0 Å². The number of hydrogen-bond acceptors (Lipinski definition) is 3. The third-order valence-electron chi connectivity index (χ3n) is 1.88. The number of hydrogen-bond donors (Lipinski definition) is 2. The van der Waals surface area contributed by atoms with Crippen molar-refractivity contribution in [2.75, 3.05) is 0 Å². The predicted molar refractivity (Wildman–Crippen MR) is 49.7 cm³/mol. The van der Waals surface area contributed by atoms with Crippen LogP contribution in [-0.2, 0) is 4.79 Å². The second-order valence-electron chi connectivity index (χ2n) is 3.01. The van der Waals surface area contributed by atoms with Crippen molar-refractivity contribution in [3.05, 3.63) is 29.6 Å². The molecular weight excluding hydrogens is 166 g/mol. The summed E-state index contributed by atoms with van der Waals surface area (Å²) >= 11 is 0. The van der Waals surface area contributed by atoms with Gasteiger partial charge in [-0.15, -0.1) is 0 Å². The van der Waals surface area contributed by atoms with Crippen molar-refractivity contribution in [1.82, 2.24) is 4.98 Å². The van der Waals surface area contributed by atoms with E-state index in [1.807, 2.05) is 13.0 Å². The highest BCUT2D eigenvalue weighted by Gasteiger charge is 2.10. The van der Waals surface area contributed by atoms with Crippen molar-refractivity contribution in [3.63, 3.8) is 0 Å². The van der Waals surface area contributed by atoms with Gasteiger partial charge in [-0.3, -0.25) is 9.78 Å². The first-order valence-corrected chi connectivity index (χ1v) is 4.05. The van der Waals surface area contributed by atoms with E-state index < -0.39 is 0 Å². The third-order valence-corrected chi connectivity index (χ3v) is 1.88. The Morgan fingerprint density at radius 1 is 1.69 bits per heavy atom. The first-order valence-electron chi connectivity index (χ1n) is 4.05. The van der Waals surface area contributed by atoms with Crippen LogP contribution in [-0.4, -0.2) is 10.9 Å². The van der Waals surface area contributed by atoms with Gasteiger partial charge in [-0.25, -0.2) is 0 Å². The number of nitrogens with zero attached hydrogens (tertiary/aromatic N) is 1. The van der Waals surface area contributed by atoms with Gasteiger partial charge in [0.2, 0.25) is 5.91 Å². The highest BCUT2D eigenvalue weighted by atomic mass is 16.1. The first kappa shape index (κ1) is 9.67. The van der Waals surface area contributed by atoms with Crippen LogP contribution < -0.4 is 11.5 Å². The summed E-state index contributed by atoms with van der Waals surface area (Å²) in [7, 11) is 0. The largest absolute Gasteiger partial charge is 0.370 e. The van der Waals surface area contributed by atoms with Crippen molar-refractivity contribution in [2.24, 2.45) is 11.5 Å². The van der Waals surface area contributed by atoms with Gasteiger partial charge in [0.05, 0.1) is 0 Å². The minimum atomic E-state index is -0.385. The lowest BCUT2D eigenvalue weighted by Gasteiger charge is -2.11. The summed E-state index contributed by atoms with van der Waals surface area (Å²) < 4.78 is 0. The van der Waals surface area contributed by atoms with Crippen molar-refractivity contribution < 1.29 is 4.79 Å². The van der Waals surface area contributed by atoms with Crippen molar-refractivity contribution in [1.29, 1.82) is 0 Å². The van der Waals surface area contributed by atoms with Crippen LogP contribution in [0.4, 0.5) is 0 Å². The molecule has 0 fully saturated rings. The highest BCUT2D eigenvalue weighted by Crippen LogP contribution is 2.16. The molecule has 0 bridgehead atoms. The van der Waals surface area contributed by atoms with E-state index in [-0.39, 0.29) is 18.4 Å². The molecule has 0 saturated carbocycles. The van der Waals surface area contributed by atoms with E-state index in [0.717, 1.165) is 11.1 Å². The molecule has 4 N–H and O–H groups in total. The number of pyridine rings is 1. The number of primary amides is 1. The molecule has 1 aromatic heterocycles. The van der Waals surface area contributed by atoms with E-state index in [1.54, 1.807) is 12.4 Å². The van der Waals surface area contributed by atoms with Crippen LogP contribution in [0.25, 0.3) is 0 Å². The topological polar surface area (TPSA) is 82.0 Å².